The second kappa shape index (κ2) is 8.57. The fourth-order valence-electron chi connectivity index (χ4n) is 4.85. The minimum absolute atomic E-state index is 0.103. The lowest BCUT2D eigenvalue weighted by Crippen LogP contribution is -2.41. The lowest BCUT2D eigenvalue weighted by Gasteiger charge is -2.31. The molecular weight excluding hydrogens is 370 g/mol. The van der Waals surface area contributed by atoms with Crippen molar-refractivity contribution in [2.24, 2.45) is 5.92 Å². The van der Waals surface area contributed by atoms with Crippen LogP contribution in [0.15, 0.2) is 66.9 Å². The van der Waals surface area contributed by atoms with Gasteiger partial charge in [0.2, 0.25) is 5.91 Å². The van der Waals surface area contributed by atoms with Crippen LogP contribution in [0.3, 0.4) is 0 Å². The molecule has 154 valence electrons. The summed E-state index contributed by atoms with van der Waals surface area (Å²) in [7, 11) is 0. The second-order valence-electron chi connectivity index (χ2n) is 8.68. The second-order valence-corrected chi connectivity index (χ2v) is 8.68. The first-order valence-electron chi connectivity index (χ1n) is 11.2. The van der Waals surface area contributed by atoms with E-state index in [-0.39, 0.29) is 5.92 Å². The molecule has 0 radical (unpaired) electrons. The molecule has 4 heteroatoms. The van der Waals surface area contributed by atoms with Gasteiger partial charge in [0.05, 0.1) is 12.2 Å². The zero-order chi connectivity index (χ0) is 20.3. The van der Waals surface area contributed by atoms with Crippen molar-refractivity contribution in [1.29, 1.82) is 0 Å². The van der Waals surface area contributed by atoms with Gasteiger partial charge in [-0.3, -0.25) is 9.78 Å². The maximum atomic E-state index is 13.6. The van der Waals surface area contributed by atoms with Crippen molar-refractivity contribution in [3.8, 4) is 0 Å². The zero-order valence-electron chi connectivity index (χ0n) is 17.3. The van der Waals surface area contributed by atoms with Crippen molar-refractivity contribution in [1.82, 2.24) is 15.2 Å². The van der Waals surface area contributed by atoms with Gasteiger partial charge in [-0.05, 0) is 73.2 Å². The quantitative estimate of drug-likeness (QED) is 0.687. The van der Waals surface area contributed by atoms with Crippen LogP contribution in [0.5, 0.6) is 0 Å². The van der Waals surface area contributed by atoms with E-state index >= 15 is 0 Å². The SMILES string of the molecule is O=C(C1CC1c1ccc2ccccc2c1)N(Cc1ccccn1)C1CCCNCC1. The normalized spacial score (nSPS) is 23.7. The molecule has 3 aromatic rings. The molecule has 1 saturated carbocycles. The molecule has 30 heavy (non-hydrogen) atoms. The van der Waals surface area contributed by atoms with E-state index in [2.05, 4.69) is 57.7 Å². The lowest BCUT2D eigenvalue weighted by atomic mass is 10.0. The molecule has 0 spiro atoms. The molecular formula is C26H29N3O. The molecule has 2 aromatic carbocycles. The van der Waals surface area contributed by atoms with Crippen LogP contribution in [-0.4, -0.2) is 34.9 Å². The molecule has 2 heterocycles. The van der Waals surface area contributed by atoms with Gasteiger partial charge in [-0.1, -0.05) is 48.5 Å². The Labute approximate surface area is 178 Å². The van der Waals surface area contributed by atoms with Crippen molar-refractivity contribution in [3.63, 3.8) is 0 Å². The maximum Gasteiger partial charge on any atom is 0.226 e. The molecule has 5 rings (SSSR count). The van der Waals surface area contributed by atoms with Crippen LogP contribution in [0.2, 0.25) is 0 Å². The predicted molar refractivity (Wildman–Crippen MR) is 120 cm³/mol. The summed E-state index contributed by atoms with van der Waals surface area (Å²) in [6, 6.07) is 21.4. The summed E-state index contributed by atoms with van der Waals surface area (Å²) < 4.78 is 0. The van der Waals surface area contributed by atoms with E-state index in [1.54, 1.807) is 0 Å². The van der Waals surface area contributed by atoms with Crippen molar-refractivity contribution < 1.29 is 4.79 Å². The third kappa shape index (κ3) is 4.10. The molecule has 1 aromatic heterocycles. The number of hydrogen-bond donors (Lipinski definition) is 1. The fraction of sp³-hybridized carbons (Fsp3) is 0.385. The Morgan fingerprint density at radius 1 is 1.00 bits per heavy atom. The summed E-state index contributed by atoms with van der Waals surface area (Å²) in [4.78, 5) is 20.3. The van der Waals surface area contributed by atoms with Gasteiger partial charge >= 0.3 is 0 Å². The Kier molecular flexibility index (Phi) is 5.50. The first kappa shape index (κ1) is 19.3. The minimum Gasteiger partial charge on any atom is -0.334 e. The topological polar surface area (TPSA) is 45.2 Å². The highest BCUT2D eigenvalue weighted by molar-refractivity contribution is 5.86. The summed E-state index contributed by atoms with van der Waals surface area (Å²) in [5.41, 5.74) is 2.28. The maximum absolute atomic E-state index is 13.6. The summed E-state index contributed by atoms with van der Waals surface area (Å²) in [5.74, 6) is 0.758. The van der Waals surface area contributed by atoms with Crippen molar-refractivity contribution in [3.05, 3.63) is 78.1 Å². The lowest BCUT2D eigenvalue weighted by molar-refractivity contribution is -0.136. The molecule has 1 aliphatic heterocycles. The van der Waals surface area contributed by atoms with Gasteiger partial charge in [-0.2, -0.15) is 0 Å². The van der Waals surface area contributed by atoms with Gasteiger partial charge in [0, 0.05) is 18.2 Å². The van der Waals surface area contributed by atoms with Crippen LogP contribution in [0.25, 0.3) is 10.8 Å². The van der Waals surface area contributed by atoms with E-state index in [9.17, 15) is 4.79 Å². The summed E-state index contributed by atoms with van der Waals surface area (Å²) in [6.45, 7) is 2.64. The first-order valence-corrected chi connectivity index (χ1v) is 11.2. The minimum atomic E-state index is 0.103. The van der Waals surface area contributed by atoms with Crippen LogP contribution in [0.4, 0.5) is 0 Å². The van der Waals surface area contributed by atoms with E-state index in [1.165, 1.54) is 16.3 Å². The fourth-order valence-corrected chi connectivity index (χ4v) is 4.85. The van der Waals surface area contributed by atoms with Crippen molar-refractivity contribution >= 4 is 16.7 Å². The summed E-state index contributed by atoms with van der Waals surface area (Å²) in [5, 5.41) is 5.99. The highest BCUT2D eigenvalue weighted by Crippen LogP contribution is 2.49. The number of pyridine rings is 1. The average molecular weight is 400 g/mol. The molecule has 3 unspecified atom stereocenters. The van der Waals surface area contributed by atoms with Crippen molar-refractivity contribution in [2.75, 3.05) is 13.1 Å². The Morgan fingerprint density at radius 2 is 1.87 bits per heavy atom. The highest BCUT2D eigenvalue weighted by atomic mass is 16.2. The molecule has 1 N–H and O–H groups in total. The summed E-state index contributed by atoms with van der Waals surface area (Å²) in [6.07, 6.45) is 5.99. The smallest absolute Gasteiger partial charge is 0.226 e. The molecule has 4 nitrogen and oxygen atoms in total. The van der Waals surface area contributed by atoms with Gasteiger partial charge in [0.25, 0.3) is 0 Å². The zero-order valence-corrected chi connectivity index (χ0v) is 17.3. The number of fused-ring (bicyclic) bond motifs is 1. The number of carbonyl (C=O) groups excluding carboxylic acids is 1. The van der Waals surface area contributed by atoms with Gasteiger partial charge in [-0.25, -0.2) is 0 Å². The number of hydrogen-bond acceptors (Lipinski definition) is 3. The molecule has 2 fully saturated rings. The van der Waals surface area contributed by atoms with E-state index in [4.69, 9.17) is 0 Å². The summed E-state index contributed by atoms with van der Waals surface area (Å²) >= 11 is 0. The third-order valence-electron chi connectivity index (χ3n) is 6.64. The molecule has 1 aliphatic carbocycles. The monoisotopic (exact) mass is 399 g/mol. The molecule has 1 saturated heterocycles. The Morgan fingerprint density at radius 3 is 2.73 bits per heavy atom. The average Bonchev–Trinajstić information content (AvgIpc) is 3.62. The first-order chi connectivity index (χ1) is 14.8. The van der Waals surface area contributed by atoms with Crippen LogP contribution >= 0.6 is 0 Å². The van der Waals surface area contributed by atoms with Crippen LogP contribution < -0.4 is 5.32 Å². The Bertz CT molecular complexity index is 1010. The molecule has 1 amide bonds. The number of benzene rings is 2. The van der Waals surface area contributed by atoms with Crippen molar-refractivity contribution in [2.45, 2.75) is 44.2 Å². The number of aromatic nitrogens is 1. The predicted octanol–water partition coefficient (Wildman–Crippen LogP) is 4.51. The number of nitrogens with zero attached hydrogens (tertiary/aromatic N) is 2. The van der Waals surface area contributed by atoms with Crippen LogP contribution in [0.1, 0.15) is 42.9 Å². The number of rotatable bonds is 5. The Hall–Kier alpha value is -2.72. The van der Waals surface area contributed by atoms with E-state index in [0.717, 1.165) is 44.5 Å². The van der Waals surface area contributed by atoms with E-state index in [0.29, 0.717) is 24.4 Å². The van der Waals surface area contributed by atoms with Gasteiger partial charge < -0.3 is 10.2 Å². The number of amides is 1. The molecule has 2 aliphatic rings. The van der Waals surface area contributed by atoms with Crippen LogP contribution in [0, 0.1) is 5.92 Å². The van der Waals surface area contributed by atoms with Gasteiger partial charge in [0.1, 0.15) is 0 Å². The highest BCUT2D eigenvalue weighted by Gasteiger charge is 2.46. The number of carbonyl (C=O) groups is 1. The molecule has 0 bridgehead atoms. The number of nitrogens with one attached hydrogen (secondary N) is 1. The van der Waals surface area contributed by atoms with E-state index < -0.39 is 0 Å². The molecule has 3 atom stereocenters. The van der Waals surface area contributed by atoms with Gasteiger partial charge in [-0.15, -0.1) is 0 Å². The standard InChI is InChI=1S/C26H29N3O/c30-26(25-17-24(25)21-11-10-19-6-1-2-7-20(19)16-21)29(18-22-8-3-4-14-28-22)23-9-5-13-27-15-12-23/h1-4,6-8,10-11,14,16,23-25,27H,5,9,12-13,15,17-18H2. The van der Waals surface area contributed by atoms with Crippen LogP contribution in [-0.2, 0) is 11.3 Å². The third-order valence-corrected chi connectivity index (χ3v) is 6.64. The van der Waals surface area contributed by atoms with E-state index in [1.807, 2.05) is 24.4 Å². The largest absolute Gasteiger partial charge is 0.334 e. The Balaban J connectivity index is 1.36. The van der Waals surface area contributed by atoms with Gasteiger partial charge in [0.15, 0.2) is 0 Å².